The quantitative estimate of drug-likeness (QED) is 0.895. The summed E-state index contributed by atoms with van der Waals surface area (Å²) in [4.78, 5) is 2.35. The van der Waals surface area contributed by atoms with Crippen molar-refractivity contribution in [1.82, 2.24) is 4.90 Å². The summed E-state index contributed by atoms with van der Waals surface area (Å²) in [6.45, 7) is 2.70. The second-order valence-corrected chi connectivity index (χ2v) is 6.65. The molecule has 3 aliphatic rings. The Morgan fingerprint density at radius 1 is 1.05 bits per heavy atom. The maximum atomic E-state index is 11.2. The number of aliphatic hydroxyl groups is 1. The van der Waals surface area contributed by atoms with Crippen molar-refractivity contribution in [2.24, 2.45) is 0 Å². The van der Waals surface area contributed by atoms with E-state index in [1.165, 1.54) is 0 Å². The van der Waals surface area contributed by atoms with E-state index in [1.54, 1.807) is 0 Å². The summed E-state index contributed by atoms with van der Waals surface area (Å²) in [5.41, 5.74) is 1.24. The van der Waals surface area contributed by atoms with Gasteiger partial charge in [0.15, 0.2) is 6.29 Å². The van der Waals surface area contributed by atoms with Crippen LogP contribution in [0.1, 0.15) is 30.3 Å². The molecule has 5 heteroatoms. The summed E-state index contributed by atoms with van der Waals surface area (Å²) < 4.78 is 16.7. The smallest absolute Gasteiger partial charge is 0.184 e. The highest BCUT2D eigenvalue weighted by Crippen LogP contribution is 2.40. The first kappa shape index (κ1) is 14.6. The van der Waals surface area contributed by atoms with E-state index in [9.17, 15) is 5.11 Å². The highest BCUT2D eigenvalue weighted by Gasteiger charge is 2.45. The fourth-order valence-electron chi connectivity index (χ4n) is 3.88. The molecule has 120 valence electrons. The molecule has 0 aromatic heterocycles. The summed E-state index contributed by atoms with van der Waals surface area (Å²) in [6, 6.07) is 8.63. The minimum absolute atomic E-state index is 0.256. The molecule has 1 aromatic rings. The highest BCUT2D eigenvalue weighted by atomic mass is 16.7. The van der Waals surface area contributed by atoms with Gasteiger partial charge in [-0.3, -0.25) is 4.90 Å². The van der Waals surface area contributed by atoms with Crippen LogP contribution in [0.2, 0.25) is 0 Å². The van der Waals surface area contributed by atoms with Gasteiger partial charge in [-0.05, 0) is 25.5 Å². The fourth-order valence-corrected chi connectivity index (χ4v) is 3.88. The first-order valence-electron chi connectivity index (χ1n) is 8.01. The predicted molar refractivity (Wildman–Crippen MR) is 80.4 cm³/mol. The average molecular weight is 305 g/mol. The molecule has 0 saturated carbocycles. The van der Waals surface area contributed by atoms with Crippen LogP contribution < -0.4 is 0 Å². The predicted octanol–water partition coefficient (Wildman–Crippen LogP) is 1.41. The normalized spacial score (nSPS) is 36.6. The van der Waals surface area contributed by atoms with E-state index >= 15 is 0 Å². The monoisotopic (exact) mass is 305 g/mol. The molecule has 0 amide bonds. The number of piperidine rings is 1. The summed E-state index contributed by atoms with van der Waals surface area (Å²) in [6.07, 6.45) is 1.18. The Balaban J connectivity index is 1.55. The minimum Gasteiger partial charge on any atom is -0.385 e. The topological polar surface area (TPSA) is 51.2 Å². The number of benzene rings is 1. The number of nitrogens with zero attached hydrogens (tertiary/aromatic N) is 1. The Morgan fingerprint density at radius 2 is 1.64 bits per heavy atom. The van der Waals surface area contributed by atoms with Crippen LogP contribution in [0, 0.1) is 0 Å². The lowest BCUT2D eigenvalue weighted by Crippen LogP contribution is -2.59. The zero-order chi connectivity index (χ0) is 15.2. The van der Waals surface area contributed by atoms with Crippen LogP contribution in [0.4, 0.5) is 0 Å². The maximum Gasteiger partial charge on any atom is 0.184 e. The van der Waals surface area contributed by atoms with Crippen LogP contribution in [0.25, 0.3) is 0 Å². The van der Waals surface area contributed by atoms with Crippen molar-refractivity contribution in [3.05, 3.63) is 35.4 Å². The van der Waals surface area contributed by atoms with Crippen LogP contribution in [0.3, 0.4) is 0 Å². The largest absolute Gasteiger partial charge is 0.385 e. The third-order valence-corrected chi connectivity index (χ3v) is 5.26. The molecule has 3 aliphatic heterocycles. The standard InChI is InChI=1S/C17H23NO4/c1-18-14-8-17(19,9-15(18)11-20-10-14)13-4-2-12(3-5-13)16-21-6-7-22-16/h2-5,14-16,19H,6-11H2,1H3. The molecule has 0 radical (unpaired) electrons. The van der Waals surface area contributed by atoms with Crippen LogP contribution in [-0.4, -0.2) is 55.6 Å². The van der Waals surface area contributed by atoms with E-state index in [0.29, 0.717) is 38.5 Å². The van der Waals surface area contributed by atoms with Crippen molar-refractivity contribution in [3.8, 4) is 0 Å². The molecule has 2 unspecified atom stereocenters. The highest BCUT2D eigenvalue weighted by molar-refractivity contribution is 5.29. The molecule has 2 atom stereocenters. The van der Waals surface area contributed by atoms with Crippen molar-refractivity contribution >= 4 is 0 Å². The third kappa shape index (κ3) is 2.47. The zero-order valence-electron chi connectivity index (χ0n) is 12.9. The molecule has 5 nitrogen and oxygen atoms in total. The Morgan fingerprint density at radius 3 is 2.23 bits per heavy atom. The second-order valence-electron chi connectivity index (χ2n) is 6.65. The van der Waals surface area contributed by atoms with Gasteiger partial charge >= 0.3 is 0 Å². The third-order valence-electron chi connectivity index (χ3n) is 5.26. The van der Waals surface area contributed by atoms with Gasteiger partial charge in [0.1, 0.15) is 0 Å². The second kappa shape index (κ2) is 5.58. The van der Waals surface area contributed by atoms with Gasteiger partial charge in [-0.25, -0.2) is 0 Å². The Bertz CT molecular complexity index is 512. The molecule has 0 aliphatic carbocycles. The molecule has 3 saturated heterocycles. The minimum atomic E-state index is -0.762. The molecule has 1 aromatic carbocycles. The summed E-state index contributed by atoms with van der Waals surface area (Å²) in [5.74, 6) is 0. The van der Waals surface area contributed by atoms with E-state index < -0.39 is 5.60 Å². The van der Waals surface area contributed by atoms with Gasteiger partial charge in [0, 0.05) is 17.6 Å². The first-order valence-corrected chi connectivity index (χ1v) is 8.01. The number of ether oxygens (including phenoxy) is 3. The number of morpholine rings is 1. The van der Waals surface area contributed by atoms with Crippen LogP contribution in [-0.2, 0) is 19.8 Å². The SMILES string of the molecule is CN1C2COCC1CC(O)(c1ccc(C3OCCO3)cc1)C2. The van der Waals surface area contributed by atoms with Crippen molar-refractivity contribution in [2.45, 2.75) is 36.8 Å². The van der Waals surface area contributed by atoms with Gasteiger partial charge in [-0.15, -0.1) is 0 Å². The van der Waals surface area contributed by atoms with Gasteiger partial charge in [0.2, 0.25) is 0 Å². The Hall–Kier alpha value is -0.980. The zero-order valence-corrected chi connectivity index (χ0v) is 12.9. The van der Waals surface area contributed by atoms with Gasteiger partial charge < -0.3 is 19.3 Å². The molecule has 4 rings (SSSR count). The molecule has 3 fully saturated rings. The Kier molecular flexibility index (Phi) is 3.71. The van der Waals surface area contributed by atoms with Gasteiger partial charge in [-0.2, -0.15) is 0 Å². The number of fused-ring (bicyclic) bond motifs is 2. The average Bonchev–Trinajstić information content (AvgIpc) is 3.04. The molecule has 1 N–H and O–H groups in total. The number of hydrogen-bond acceptors (Lipinski definition) is 5. The lowest BCUT2D eigenvalue weighted by molar-refractivity contribution is -0.137. The van der Waals surface area contributed by atoms with E-state index in [-0.39, 0.29) is 6.29 Å². The van der Waals surface area contributed by atoms with Crippen LogP contribution >= 0.6 is 0 Å². The maximum absolute atomic E-state index is 11.2. The molecule has 3 heterocycles. The Labute approximate surface area is 130 Å². The molecule has 2 bridgehead atoms. The van der Waals surface area contributed by atoms with Crippen LogP contribution in [0.15, 0.2) is 24.3 Å². The molecule has 0 spiro atoms. The van der Waals surface area contributed by atoms with Crippen molar-refractivity contribution in [1.29, 1.82) is 0 Å². The summed E-state index contributed by atoms with van der Waals surface area (Å²) in [5, 5.41) is 11.2. The van der Waals surface area contributed by atoms with Gasteiger partial charge in [0.05, 0.1) is 32.0 Å². The van der Waals surface area contributed by atoms with Gasteiger partial charge in [-0.1, -0.05) is 24.3 Å². The lowest BCUT2D eigenvalue weighted by Gasteiger charge is -2.50. The number of hydrogen-bond donors (Lipinski definition) is 1. The number of likely N-dealkylation sites (N-methyl/N-ethyl adjacent to an activating group) is 1. The lowest BCUT2D eigenvalue weighted by atomic mass is 9.77. The fraction of sp³-hybridized carbons (Fsp3) is 0.647. The first-order chi connectivity index (χ1) is 10.7. The van der Waals surface area contributed by atoms with Crippen molar-refractivity contribution in [3.63, 3.8) is 0 Å². The van der Waals surface area contributed by atoms with Crippen LogP contribution in [0.5, 0.6) is 0 Å². The van der Waals surface area contributed by atoms with Gasteiger partial charge in [0.25, 0.3) is 0 Å². The molecular weight excluding hydrogens is 282 g/mol. The van der Waals surface area contributed by atoms with Crippen molar-refractivity contribution in [2.75, 3.05) is 33.5 Å². The van der Waals surface area contributed by atoms with E-state index in [4.69, 9.17) is 14.2 Å². The summed E-state index contributed by atoms with van der Waals surface area (Å²) in [7, 11) is 2.13. The molecule has 22 heavy (non-hydrogen) atoms. The van der Waals surface area contributed by atoms with E-state index in [1.807, 2.05) is 24.3 Å². The van der Waals surface area contributed by atoms with E-state index in [2.05, 4.69) is 11.9 Å². The van der Waals surface area contributed by atoms with E-state index in [0.717, 1.165) is 24.0 Å². The number of rotatable bonds is 2. The summed E-state index contributed by atoms with van der Waals surface area (Å²) >= 11 is 0. The van der Waals surface area contributed by atoms with Crippen molar-refractivity contribution < 1.29 is 19.3 Å². The molecular formula is C17H23NO4.